The Balaban J connectivity index is 1.93. The Kier molecular flexibility index (Phi) is 6.03. The summed E-state index contributed by atoms with van der Waals surface area (Å²) in [7, 11) is -3.90. The van der Waals surface area contributed by atoms with Crippen molar-refractivity contribution < 1.29 is 13.2 Å². The monoisotopic (exact) mass is 408 g/mol. The smallest absolute Gasteiger partial charge is 0.264 e. The molecule has 0 saturated carbocycles. The van der Waals surface area contributed by atoms with Gasteiger partial charge in [0, 0.05) is 5.69 Å². The highest BCUT2D eigenvalue weighted by Gasteiger charge is 2.27. The molecule has 0 aliphatic heterocycles. The summed E-state index contributed by atoms with van der Waals surface area (Å²) in [6.07, 6.45) is 0. The van der Waals surface area contributed by atoms with E-state index in [2.05, 4.69) is 5.32 Å². The Bertz CT molecular complexity index is 1110. The number of hydrogen-bond donors (Lipinski definition) is 1. The average molecular weight is 409 g/mol. The van der Waals surface area contributed by atoms with Gasteiger partial charge in [-0.05, 0) is 62.2 Å². The van der Waals surface area contributed by atoms with Crippen LogP contribution in [0.3, 0.4) is 0 Å². The molecule has 0 saturated heterocycles. The first-order valence-electron chi connectivity index (χ1n) is 9.29. The molecule has 0 aliphatic rings. The average Bonchev–Trinajstić information content (AvgIpc) is 2.70. The quantitative estimate of drug-likeness (QED) is 0.655. The first kappa shape index (κ1) is 20.6. The fraction of sp³-hybridized carbons (Fsp3) is 0.174. The summed E-state index contributed by atoms with van der Waals surface area (Å²) in [6.45, 7) is 5.45. The van der Waals surface area contributed by atoms with Crippen molar-refractivity contribution in [3.63, 3.8) is 0 Å². The molecule has 150 valence electrons. The van der Waals surface area contributed by atoms with Gasteiger partial charge in [0.05, 0.1) is 10.6 Å². The van der Waals surface area contributed by atoms with E-state index in [1.807, 2.05) is 39.0 Å². The molecule has 0 unspecified atom stereocenters. The maximum atomic E-state index is 13.3. The lowest BCUT2D eigenvalue weighted by molar-refractivity contribution is -0.114. The van der Waals surface area contributed by atoms with E-state index in [4.69, 9.17) is 0 Å². The Morgan fingerprint density at radius 2 is 1.52 bits per heavy atom. The molecule has 3 aromatic rings. The van der Waals surface area contributed by atoms with Crippen LogP contribution in [0.4, 0.5) is 11.4 Å². The molecule has 6 heteroatoms. The topological polar surface area (TPSA) is 66.5 Å². The van der Waals surface area contributed by atoms with Gasteiger partial charge in [-0.1, -0.05) is 48.0 Å². The number of rotatable bonds is 6. The number of carbonyl (C=O) groups is 1. The highest BCUT2D eigenvalue weighted by molar-refractivity contribution is 7.92. The van der Waals surface area contributed by atoms with Gasteiger partial charge < -0.3 is 5.32 Å². The second kappa shape index (κ2) is 8.49. The number of hydrogen-bond acceptors (Lipinski definition) is 3. The first-order chi connectivity index (χ1) is 13.8. The van der Waals surface area contributed by atoms with E-state index >= 15 is 0 Å². The summed E-state index contributed by atoms with van der Waals surface area (Å²) in [6, 6.07) is 20.9. The zero-order valence-electron chi connectivity index (χ0n) is 16.7. The second-order valence-electron chi connectivity index (χ2n) is 6.96. The normalized spacial score (nSPS) is 11.1. The van der Waals surface area contributed by atoms with E-state index < -0.39 is 15.9 Å². The lowest BCUT2D eigenvalue weighted by atomic mass is 10.1. The predicted octanol–water partition coefficient (Wildman–Crippen LogP) is 4.45. The Hall–Kier alpha value is -3.12. The molecule has 0 aromatic heterocycles. The van der Waals surface area contributed by atoms with E-state index in [1.165, 1.54) is 0 Å². The highest BCUT2D eigenvalue weighted by Crippen LogP contribution is 2.24. The Labute approximate surface area is 172 Å². The molecule has 0 radical (unpaired) electrons. The predicted molar refractivity (Wildman–Crippen MR) is 117 cm³/mol. The maximum absolute atomic E-state index is 13.3. The van der Waals surface area contributed by atoms with Crippen molar-refractivity contribution in [3.8, 4) is 0 Å². The van der Waals surface area contributed by atoms with Crippen LogP contribution in [-0.2, 0) is 14.8 Å². The van der Waals surface area contributed by atoms with E-state index in [0.29, 0.717) is 11.4 Å². The van der Waals surface area contributed by atoms with Crippen LogP contribution in [0.15, 0.2) is 77.7 Å². The zero-order valence-corrected chi connectivity index (χ0v) is 17.5. The fourth-order valence-electron chi connectivity index (χ4n) is 2.95. The van der Waals surface area contributed by atoms with E-state index in [9.17, 15) is 13.2 Å². The number of sulfonamides is 1. The number of benzene rings is 3. The van der Waals surface area contributed by atoms with Crippen molar-refractivity contribution in [1.29, 1.82) is 0 Å². The van der Waals surface area contributed by atoms with Crippen LogP contribution < -0.4 is 9.62 Å². The first-order valence-corrected chi connectivity index (χ1v) is 10.7. The van der Waals surface area contributed by atoms with E-state index in [0.717, 1.165) is 21.0 Å². The minimum absolute atomic E-state index is 0.145. The number of amides is 1. The summed E-state index contributed by atoms with van der Waals surface area (Å²) < 4.78 is 27.7. The minimum Gasteiger partial charge on any atom is -0.324 e. The van der Waals surface area contributed by atoms with Gasteiger partial charge in [-0.25, -0.2) is 8.42 Å². The number of anilines is 2. The molecule has 5 nitrogen and oxygen atoms in total. The molecule has 3 rings (SSSR count). The van der Waals surface area contributed by atoms with Crippen molar-refractivity contribution in [3.05, 3.63) is 89.5 Å². The van der Waals surface area contributed by atoms with Crippen LogP contribution in [0, 0.1) is 20.8 Å². The molecule has 29 heavy (non-hydrogen) atoms. The Morgan fingerprint density at radius 1 is 0.862 bits per heavy atom. The van der Waals surface area contributed by atoms with Gasteiger partial charge in [0.2, 0.25) is 5.91 Å². The van der Waals surface area contributed by atoms with Crippen molar-refractivity contribution in [2.45, 2.75) is 25.7 Å². The molecule has 0 atom stereocenters. The van der Waals surface area contributed by atoms with Gasteiger partial charge in [-0.2, -0.15) is 0 Å². The maximum Gasteiger partial charge on any atom is 0.264 e. The molecule has 0 spiro atoms. The molecular formula is C23H24N2O3S. The number of nitrogens with zero attached hydrogens (tertiary/aromatic N) is 1. The minimum atomic E-state index is -3.90. The molecule has 1 amide bonds. The van der Waals surface area contributed by atoms with Crippen molar-refractivity contribution in [2.24, 2.45) is 0 Å². The zero-order chi connectivity index (χ0) is 21.0. The third-order valence-corrected chi connectivity index (χ3v) is 6.61. The third kappa shape index (κ3) is 4.66. The lowest BCUT2D eigenvalue weighted by Gasteiger charge is -2.24. The van der Waals surface area contributed by atoms with Crippen LogP contribution in [0.1, 0.15) is 16.7 Å². The number of para-hydroxylation sites is 1. The van der Waals surface area contributed by atoms with Crippen LogP contribution in [0.25, 0.3) is 0 Å². The van der Waals surface area contributed by atoms with Gasteiger partial charge in [0.25, 0.3) is 10.0 Å². The standard InChI is InChI=1S/C23H24N2O3S/c1-17-12-14-21(15-13-17)29(27,28)25(20-9-5-4-6-10-20)16-23(26)24-22-11-7-8-18(2)19(22)3/h4-15H,16H2,1-3H3,(H,24,26). The molecular weight excluding hydrogens is 384 g/mol. The number of nitrogens with one attached hydrogen (secondary N) is 1. The molecule has 0 fully saturated rings. The van der Waals surface area contributed by atoms with E-state index in [-0.39, 0.29) is 11.4 Å². The fourth-order valence-corrected chi connectivity index (χ4v) is 4.37. The van der Waals surface area contributed by atoms with Crippen molar-refractivity contribution in [1.82, 2.24) is 0 Å². The molecule has 3 aromatic carbocycles. The van der Waals surface area contributed by atoms with Crippen molar-refractivity contribution >= 4 is 27.3 Å². The lowest BCUT2D eigenvalue weighted by Crippen LogP contribution is -2.38. The SMILES string of the molecule is Cc1ccc(S(=O)(=O)N(CC(=O)Nc2cccc(C)c2C)c2ccccc2)cc1. The third-order valence-electron chi connectivity index (χ3n) is 4.82. The van der Waals surface area contributed by atoms with E-state index in [1.54, 1.807) is 54.6 Å². The summed E-state index contributed by atoms with van der Waals surface area (Å²) >= 11 is 0. The second-order valence-corrected chi connectivity index (χ2v) is 8.82. The largest absolute Gasteiger partial charge is 0.324 e. The summed E-state index contributed by atoms with van der Waals surface area (Å²) in [4.78, 5) is 12.9. The van der Waals surface area contributed by atoms with Crippen LogP contribution in [0.2, 0.25) is 0 Å². The molecule has 1 N–H and O–H groups in total. The Morgan fingerprint density at radius 3 is 2.17 bits per heavy atom. The van der Waals surface area contributed by atoms with Crippen molar-refractivity contribution in [2.75, 3.05) is 16.2 Å². The van der Waals surface area contributed by atoms with Gasteiger partial charge >= 0.3 is 0 Å². The summed E-state index contributed by atoms with van der Waals surface area (Å²) in [5.41, 5.74) is 4.08. The number of carbonyl (C=O) groups excluding carboxylic acids is 1. The summed E-state index contributed by atoms with van der Waals surface area (Å²) in [5, 5.41) is 2.84. The van der Waals surface area contributed by atoms with Crippen LogP contribution in [-0.4, -0.2) is 20.9 Å². The molecule has 0 bridgehead atoms. The highest BCUT2D eigenvalue weighted by atomic mass is 32.2. The van der Waals surface area contributed by atoms with Crippen LogP contribution >= 0.6 is 0 Å². The number of aryl methyl sites for hydroxylation is 2. The molecule has 0 aliphatic carbocycles. The van der Waals surface area contributed by atoms with Gasteiger partial charge in [0.1, 0.15) is 6.54 Å². The summed E-state index contributed by atoms with van der Waals surface area (Å²) in [5.74, 6) is -0.404. The van der Waals surface area contributed by atoms with Crippen LogP contribution in [0.5, 0.6) is 0 Å². The van der Waals surface area contributed by atoms with Gasteiger partial charge in [0.15, 0.2) is 0 Å². The van der Waals surface area contributed by atoms with Gasteiger partial charge in [-0.15, -0.1) is 0 Å². The van der Waals surface area contributed by atoms with Gasteiger partial charge in [-0.3, -0.25) is 9.10 Å². The molecule has 0 heterocycles.